The Morgan fingerprint density at radius 2 is 2.00 bits per heavy atom. The summed E-state index contributed by atoms with van der Waals surface area (Å²) >= 11 is 0. The van der Waals surface area contributed by atoms with Gasteiger partial charge in [0, 0.05) is 6.42 Å². The van der Waals surface area contributed by atoms with Crippen LogP contribution in [-0.2, 0) is 19.0 Å². The summed E-state index contributed by atoms with van der Waals surface area (Å²) in [5.41, 5.74) is -1.29. The van der Waals surface area contributed by atoms with E-state index >= 15 is 0 Å². The SMILES string of the molecule is CCOC(=O)CCC=C[C@@H]1COC(C)(C)N1C(=O)OC(C)(C)C. The molecule has 1 atom stereocenters. The number of carbonyl (C=O) groups excluding carboxylic acids is 2. The molecule has 0 aliphatic carbocycles. The van der Waals surface area contributed by atoms with Crippen molar-refractivity contribution in [2.24, 2.45) is 0 Å². The highest BCUT2D eigenvalue weighted by molar-refractivity contribution is 5.70. The molecule has 0 aromatic rings. The Kier molecular flexibility index (Phi) is 6.62. The fraction of sp³-hybridized carbons (Fsp3) is 0.765. The minimum absolute atomic E-state index is 0.206. The maximum Gasteiger partial charge on any atom is 0.413 e. The first-order valence-corrected chi connectivity index (χ1v) is 8.05. The molecule has 1 aliphatic heterocycles. The number of hydrogen-bond donors (Lipinski definition) is 0. The zero-order valence-electron chi connectivity index (χ0n) is 15.0. The standard InChI is InChI=1S/C17H29NO5/c1-7-21-14(19)11-9-8-10-13-12-22-17(5,6)18(13)15(20)23-16(2,3)4/h8,10,13H,7,9,11-12H2,1-6H3/t13-/m1/s1. The Labute approximate surface area is 138 Å². The van der Waals surface area contributed by atoms with Crippen molar-refractivity contribution in [3.8, 4) is 0 Å². The summed E-state index contributed by atoms with van der Waals surface area (Å²) in [6.07, 6.45) is 4.26. The van der Waals surface area contributed by atoms with Gasteiger partial charge in [-0.1, -0.05) is 12.2 Å². The number of amides is 1. The maximum atomic E-state index is 12.4. The van der Waals surface area contributed by atoms with Gasteiger partial charge in [-0.05, 0) is 48.0 Å². The van der Waals surface area contributed by atoms with Gasteiger partial charge in [0.25, 0.3) is 0 Å². The molecule has 1 fully saturated rings. The highest BCUT2D eigenvalue weighted by atomic mass is 16.6. The van der Waals surface area contributed by atoms with Gasteiger partial charge in [0.2, 0.25) is 0 Å². The molecule has 0 N–H and O–H groups in total. The first-order chi connectivity index (χ1) is 10.6. The highest BCUT2D eigenvalue weighted by Gasteiger charge is 2.44. The normalized spacial score (nSPS) is 20.8. The van der Waals surface area contributed by atoms with Crippen LogP contribution < -0.4 is 0 Å². The van der Waals surface area contributed by atoms with Crippen LogP contribution in [0.2, 0.25) is 0 Å². The van der Waals surface area contributed by atoms with E-state index in [0.29, 0.717) is 26.1 Å². The van der Waals surface area contributed by atoms with E-state index in [4.69, 9.17) is 14.2 Å². The molecule has 23 heavy (non-hydrogen) atoms. The minimum atomic E-state index is -0.724. The Morgan fingerprint density at radius 1 is 1.35 bits per heavy atom. The molecule has 1 amide bonds. The zero-order valence-corrected chi connectivity index (χ0v) is 15.0. The molecular formula is C17H29NO5. The largest absolute Gasteiger partial charge is 0.466 e. The third-order valence-corrected chi connectivity index (χ3v) is 3.29. The van der Waals surface area contributed by atoms with Gasteiger partial charge in [-0.2, -0.15) is 0 Å². The van der Waals surface area contributed by atoms with Crippen molar-refractivity contribution in [3.05, 3.63) is 12.2 Å². The van der Waals surface area contributed by atoms with Gasteiger partial charge in [0.05, 0.1) is 19.3 Å². The van der Waals surface area contributed by atoms with Crippen LogP contribution in [0.1, 0.15) is 54.4 Å². The van der Waals surface area contributed by atoms with Crippen molar-refractivity contribution < 1.29 is 23.8 Å². The quantitative estimate of drug-likeness (QED) is 0.573. The number of rotatable bonds is 5. The Morgan fingerprint density at radius 3 is 2.57 bits per heavy atom. The monoisotopic (exact) mass is 327 g/mol. The lowest BCUT2D eigenvalue weighted by Crippen LogP contribution is -2.49. The Hall–Kier alpha value is -1.56. The van der Waals surface area contributed by atoms with Gasteiger partial charge in [0.15, 0.2) is 0 Å². The molecule has 0 spiro atoms. The number of esters is 1. The number of allylic oxidation sites excluding steroid dienone is 1. The molecule has 0 unspecified atom stereocenters. The summed E-state index contributed by atoms with van der Waals surface area (Å²) in [4.78, 5) is 25.3. The highest BCUT2D eigenvalue weighted by Crippen LogP contribution is 2.30. The average molecular weight is 327 g/mol. The van der Waals surface area contributed by atoms with Crippen molar-refractivity contribution in [2.75, 3.05) is 13.2 Å². The molecule has 0 aromatic carbocycles. The minimum Gasteiger partial charge on any atom is -0.466 e. The van der Waals surface area contributed by atoms with Crippen LogP contribution in [0.4, 0.5) is 4.79 Å². The molecule has 132 valence electrons. The van der Waals surface area contributed by atoms with Crippen LogP contribution in [-0.4, -0.2) is 47.5 Å². The second kappa shape index (κ2) is 7.81. The summed E-state index contributed by atoms with van der Waals surface area (Å²) in [6, 6.07) is -0.206. The molecule has 0 bridgehead atoms. The smallest absolute Gasteiger partial charge is 0.413 e. The Bertz CT molecular complexity index is 450. The molecule has 6 nitrogen and oxygen atoms in total. The van der Waals surface area contributed by atoms with Crippen LogP contribution in [0, 0.1) is 0 Å². The molecule has 0 saturated carbocycles. The molecule has 6 heteroatoms. The summed E-state index contributed by atoms with van der Waals surface area (Å²) in [5.74, 6) is -0.218. The first-order valence-electron chi connectivity index (χ1n) is 8.05. The van der Waals surface area contributed by atoms with Gasteiger partial charge >= 0.3 is 12.1 Å². The van der Waals surface area contributed by atoms with Gasteiger partial charge in [0.1, 0.15) is 11.3 Å². The molecular weight excluding hydrogens is 298 g/mol. The number of ether oxygens (including phenoxy) is 3. The number of hydrogen-bond acceptors (Lipinski definition) is 5. The number of carbonyl (C=O) groups is 2. The fourth-order valence-electron chi connectivity index (χ4n) is 2.33. The van der Waals surface area contributed by atoms with Crippen LogP contribution >= 0.6 is 0 Å². The molecule has 1 heterocycles. The lowest BCUT2D eigenvalue weighted by Gasteiger charge is -2.34. The molecule has 0 radical (unpaired) electrons. The van der Waals surface area contributed by atoms with E-state index in [9.17, 15) is 9.59 Å². The lowest BCUT2D eigenvalue weighted by atomic mass is 10.1. The summed E-state index contributed by atoms with van der Waals surface area (Å²) in [6.45, 7) is 11.7. The predicted octanol–water partition coefficient (Wildman–Crippen LogP) is 3.26. The number of nitrogens with zero attached hydrogens (tertiary/aromatic N) is 1. The molecule has 1 aliphatic rings. The van der Waals surface area contributed by atoms with Crippen molar-refractivity contribution in [1.82, 2.24) is 4.90 Å². The second-order valence-electron chi connectivity index (χ2n) is 6.95. The van der Waals surface area contributed by atoms with E-state index in [1.54, 1.807) is 11.8 Å². The van der Waals surface area contributed by atoms with E-state index in [1.165, 1.54) is 0 Å². The van der Waals surface area contributed by atoms with E-state index < -0.39 is 17.4 Å². The summed E-state index contributed by atoms with van der Waals surface area (Å²) < 4.78 is 16.0. The van der Waals surface area contributed by atoms with Crippen LogP contribution in [0.3, 0.4) is 0 Å². The second-order valence-corrected chi connectivity index (χ2v) is 6.95. The van der Waals surface area contributed by atoms with E-state index in [1.807, 2.05) is 46.8 Å². The van der Waals surface area contributed by atoms with Crippen LogP contribution in [0.25, 0.3) is 0 Å². The third-order valence-electron chi connectivity index (χ3n) is 3.29. The maximum absolute atomic E-state index is 12.4. The molecule has 1 saturated heterocycles. The van der Waals surface area contributed by atoms with Crippen molar-refractivity contribution >= 4 is 12.1 Å². The Balaban J connectivity index is 2.66. The van der Waals surface area contributed by atoms with Gasteiger partial charge < -0.3 is 14.2 Å². The van der Waals surface area contributed by atoms with Crippen molar-refractivity contribution in [1.29, 1.82) is 0 Å². The molecule has 0 aromatic heterocycles. The van der Waals surface area contributed by atoms with E-state index in [-0.39, 0.29) is 12.0 Å². The van der Waals surface area contributed by atoms with Gasteiger partial charge in [-0.15, -0.1) is 0 Å². The third kappa shape index (κ3) is 6.22. The van der Waals surface area contributed by atoms with Crippen molar-refractivity contribution in [3.63, 3.8) is 0 Å². The predicted molar refractivity (Wildman–Crippen MR) is 86.9 cm³/mol. The summed E-state index contributed by atoms with van der Waals surface area (Å²) in [7, 11) is 0. The first kappa shape index (κ1) is 19.5. The van der Waals surface area contributed by atoms with E-state index in [2.05, 4.69) is 0 Å². The van der Waals surface area contributed by atoms with Crippen LogP contribution in [0.15, 0.2) is 12.2 Å². The van der Waals surface area contributed by atoms with Crippen molar-refractivity contribution in [2.45, 2.75) is 71.8 Å². The van der Waals surface area contributed by atoms with Crippen LogP contribution in [0.5, 0.6) is 0 Å². The lowest BCUT2D eigenvalue weighted by molar-refractivity contribution is -0.143. The zero-order chi connectivity index (χ0) is 17.7. The van der Waals surface area contributed by atoms with Gasteiger partial charge in [-0.3, -0.25) is 9.69 Å². The average Bonchev–Trinajstić information content (AvgIpc) is 2.68. The fourth-order valence-corrected chi connectivity index (χ4v) is 2.33. The molecule has 1 rings (SSSR count). The topological polar surface area (TPSA) is 65.1 Å². The summed E-state index contributed by atoms with van der Waals surface area (Å²) in [5, 5.41) is 0. The van der Waals surface area contributed by atoms with E-state index in [0.717, 1.165) is 0 Å². The van der Waals surface area contributed by atoms with Gasteiger partial charge in [-0.25, -0.2) is 4.79 Å².